The largest absolute Gasteiger partial charge is 0.398 e. The van der Waals surface area contributed by atoms with Crippen LogP contribution in [0.1, 0.15) is 32.8 Å². The Hall–Kier alpha value is -0.950. The lowest BCUT2D eigenvalue weighted by Gasteiger charge is -2.25. The molecule has 0 atom stereocenters. The van der Waals surface area contributed by atoms with Crippen molar-refractivity contribution in [3.05, 3.63) is 40.9 Å². The first-order chi connectivity index (χ1) is 6.97. The van der Waals surface area contributed by atoms with Crippen LogP contribution in [0.3, 0.4) is 0 Å². The predicted octanol–water partition coefficient (Wildman–Crippen LogP) is 4.17. The Morgan fingerprint density at radius 3 is 2.67 bits per heavy atom. The minimum atomic E-state index is 0.0293. The first-order valence-electron chi connectivity index (χ1n) is 5.14. The maximum atomic E-state index is 5.98. The average molecular weight is 224 g/mol. The van der Waals surface area contributed by atoms with E-state index >= 15 is 0 Å². The minimum absolute atomic E-state index is 0.0293. The summed E-state index contributed by atoms with van der Waals surface area (Å²) in [4.78, 5) is 0. The van der Waals surface area contributed by atoms with E-state index in [0.29, 0.717) is 0 Å². The van der Waals surface area contributed by atoms with E-state index in [1.54, 1.807) is 0 Å². The lowest BCUT2D eigenvalue weighted by atomic mass is 9.80. The van der Waals surface area contributed by atoms with E-state index in [4.69, 9.17) is 17.3 Å². The van der Waals surface area contributed by atoms with Crippen molar-refractivity contribution in [1.82, 2.24) is 0 Å². The van der Waals surface area contributed by atoms with Crippen LogP contribution in [0.15, 0.2) is 30.4 Å². The lowest BCUT2D eigenvalue weighted by Crippen LogP contribution is -2.18. The van der Waals surface area contributed by atoms with Gasteiger partial charge in [-0.1, -0.05) is 37.6 Å². The quantitative estimate of drug-likeness (QED) is 0.604. The molecule has 0 unspecified atom stereocenters. The third-order valence-corrected chi connectivity index (χ3v) is 2.84. The molecule has 2 heteroatoms. The number of anilines is 1. The van der Waals surface area contributed by atoms with Gasteiger partial charge in [-0.3, -0.25) is 0 Å². The normalized spacial score (nSPS) is 12.3. The third kappa shape index (κ3) is 3.00. The zero-order chi connectivity index (χ0) is 11.5. The molecular formula is C13H18ClN. The zero-order valence-electron chi connectivity index (χ0n) is 9.55. The molecule has 0 aliphatic heterocycles. The summed E-state index contributed by atoms with van der Waals surface area (Å²) >= 11 is 5.98. The second kappa shape index (κ2) is 4.71. The van der Waals surface area contributed by atoms with Crippen LogP contribution in [-0.4, -0.2) is 0 Å². The first kappa shape index (κ1) is 12.1. The summed E-state index contributed by atoms with van der Waals surface area (Å²) in [5.41, 5.74) is 7.93. The van der Waals surface area contributed by atoms with Gasteiger partial charge in [-0.05, 0) is 42.5 Å². The fourth-order valence-electron chi connectivity index (χ4n) is 1.64. The van der Waals surface area contributed by atoms with Crippen LogP contribution in [-0.2, 0) is 5.41 Å². The van der Waals surface area contributed by atoms with E-state index in [2.05, 4.69) is 26.0 Å². The molecule has 0 aliphatic carbocycles. The van der Waals surface area contributed by atoms with Gasteiger partial charge in [-0.2, -0.15) is 0 Å². The van der Waals surface area contributed by atoms with Crippen molar-refractivity contribution < 1.29 is 0 Å². The molecule has 0 radical (unpaired) electrons. The van der Waals surface area contributed by atoms with Gasteiger partial charge >= 0.3 is 0 Å². The SMILES string of the molecule is C/C=C/CC(C)(C)c1cc(Cl)ccc1N. The number of halogens is 1. The summed E-state index contributed by atoms with van der Waals surface area (Å²) in [5, 5.41) is 0.743. The van der Waals surface area contributed by atoms with Crippen LogP contribution < -0.4 is 5.73 Å². The Morgan fingerprint density at radius 2 is 2.07 bits per heavy atom. The number of rotatable bonds is 3. The van der Waals surface area contributed by atoms with Crippen molar-refractivity contribution in [3.63, 3.8) is 0 Å². The van der Waals surface area contributed by atoms with E-state index in [1.165, 1.54) is 0 Å². The van der Waals surface area contributed by atoms with E-state index in [1.807, 2.05) is 25.1 Å². The van der Waals surface area contributed by atoms with Crippen LogP contribution in [0.4, 0.5) is 5.69 Å². The van der Waals surface area contributed by atoms with Gasteiger partial charge in [0.15, 0.2) is 0 Å². The van der Waals surface area contributed by atoms with Crippen LogP contribution in [0, 0.1) is 0 Å². The molecule has 2 N–H and O–H groups in total. The molecule has 1 rings (SSSR count). The van der Waals surface area contributed by atoms with Crippen LogP contribution in [0.5, 0.6) is 0 Å². The smallest absolute Gasteiger partial charge is 0.0410 e. The number of hydrogen-bond donors (Lipinski definition) is 1. The molecule has 0 aromatic heterocycles. The van der Waals surface area contributed by atoms with Gasteiger partial charge in [0.05, 0.1) is 0 Å². The molecule has 1 aromatic rings. The topological polar surface area (TPSA) is 26.0 Å². The molecule has 0 heterocycles. The van der Waals surface area contributed by atoms with Crippen LogP contribution in [0.2, 0.25) is 5.02 Å². The van der Waals surface area contributed by atoms with E-state index in [-0.39, 0.29) is 5.41 Å². The molecular weight excluding hydrogens is 206 g/mol. The molecule has 1 nitrogen and oxygen atoms in total. The summed E-state index contributed by atoms with van der Waals surface area (Å²) in [6.45, 7) is 6.38. The predicted molar refractivity (Wildman–Crippen MR) is 68.3 cm³/mol. The summed E-state index contributed by atoms with van der Waals surface area (Å²) in [6.07, 6.45) is 5.18. The lowest BCUT2D eigenvalue weighted by molar-refractivity contribution is 0.536. The Balaban J connectivity index is 3.07. The molecule has 0 amide bonds. The summed E-state index contributed by atoms with van der Waals surface area (Å²) in [5.74, 6) is 0. The van der Waals surface area contributed by atoms with Crippen LogP contribution in [0.25, 0.3) is 0 Å². The van der Waals surface area contributed by atoms with Crippen molar-refractivity contribution in [3.8, 4) is 0 Å². The maximum absolute atomic E-state index is 5.98. The van der Waals surface area contributed by atoms with Gasteiger partial charge < -0.3 is 5.73 Å². The van der Waals surface area contributed by atoms with Gasteiger partial charge in [-0.15, -0.1) is 0 Å². The minimum Gasteiger partial charge on any atom is -0.398 e. The molecule has 0 fully saturated rings. The van der Waals surface area contributed by atoms with Crippen molar-refractivity contribution in [1.29, 1.82) is 0 Å². The van der Waals surface area contributed by atoms with Gasteiger partial charge in [-0.25, -0.2) is 0 Å². The highest BCUT2D eigenvalue weighted by atomic mass is 35.5. The molecule has 0 bridgehead atoms. The monoisotopic (exact) mass is 223 g/mol. The molecule has 0 spiro atoms. The second-order valence-corrected chi connectivity index (χ2v) is 4.83. The van der Waals surface area contributed by atoms with Crippen molar-refractivity contribution in [2.45, 2.75) is 32.6 Å². The van der Waals surface area contributed by atoms with Crippen LogP contribution >= 0.6 is 11.6 Å². The fraction of sp³-hybridized carbons (Fsp3) is 0.385. The van der Waals surface area contributed by atoms with Gasteiger partial charge in [0.2, 0.25) is 0 Å². The molecule has 0 saturated carbocycles. The number of nitrogen functional groups attached to an aromatic ring is 1. The van der Waals surface area contributed by atoms with Crippen molar-refractivity contribution >= 4 is 17.3 Å². The van der Waals surface area contributed by atoms with Crippen molar-refractivity contribution in [2.75, 3.05) is 5.73 Å². The van der Waals surface area contributed by atoms with Gasteiger partial charge in [0, 0.05) is 10.7 Å². The summed E-state index contributed by atoms with van der Waals surface area (Å²) in [6, 6.07) is 5.65. The first-order valence-corrected chi connectivity index (χ1v) is 5.52. The summed E-state index contributed by atoms with van der Waals surface area (Å²) < 4.78 is 0. The average Bonchev–Trinajstić information content (AvgIpc) is 2.18. The van der Waals surface area contributed by atoms with Crippen molar-refractivity contribution in [2.24, 2.45) is 0 Å². The zero-order valence-corrected chi connectivity index (χ0v) is 10.3. The third-order valence-electron chi connectivity index (χ3n) is 2.61. The molecule has 0 saturated heterocycles. The Kier molecular flexibility index (Phi) is 3.81. The number of allylic oxidation sites excluding steroid dienone is 2. The number of benzene rings is 1. The summed E-state index contributed by atoms with van der Waals surface area (Å²) in [7, 11) is 0. The number of nitrogens with two attached hydrogens (primary N) is 1. The van der Waals surface area contributed by atoms with E-state index in [0.717, 1.165) is 22.7 Å². The van der Waals surface area contributed by atoms with E-state index in [9.17, 15) is 0 Å². The highest BCUT2D eigenvalue weighted by molar-refractivity contribution is 6.30. The molecule has 82 valence electrons. The molecule has 0 aliphatic rings. The standard InChI is InChI=1S/C13H18ClN/c1-4-5-8-13(2,3)11-9-10(14)6-7-12(11)15/h4-7,9H,8,15H2,1-3H3/b5-4+. The van der Waals surface area contributed by atoms with Gasteiger partial charge in [0.25, 0.3) is 0 Å². The fourth-order valence-corrected chi connectivity index (χ4v) is 1.81. The van der Waals surface area contributed by atoms with E-state index < -0.39 is 0 Å². The molecule has 1 aromatic carbocycles. The molecule has 15 heavy (non-hydrogen) atoms. The maximum Gasteiger partial charge on any atom is 0.0410 e. The highest BCUT2D eigenvalue weighted by Gasteiger charge is 2.21. The Morgan fingerprint density at radius 1 is 1.40 bits per heavy atom. The second-order valence-electron chi connectivity index (χ2n) is 4.39. The highest BCUT2D eigenvalue weighted by Crippen LogP contribution is 2.33. The Bertz CT molecular complexity index is 367. The Labute approximate surface area is 96.9 Å². The van der Waals surface area contributed by atoms with Gasteiger partial charge in [0.1, 0.15) is 0 Å². The number of hydrogen-bond acceptors (Lipinski definition) is 1.